The van der Waals surface area contributed by atoms with Crippen LogP contribution in [0.25, 0.3) is 0 Å². The van der Waals surface area contributed by atoms with Crippen molar-refractivity contribution in [3.63, 3.8) is 0 Å². The van der Waals surface area contributed by atoms with Gasteiger partial charge in [-0.3, -0.25) is 9.78 Å². The summed E-state index contributed by atoms with van der Waals surface area (Å²) < 4.78 is 37.8. The number of anilines is 1. The van der Waals surface area contributed by atoms with Crippen molar-refractivity contribution < 1.29 is 32.6 Å². The van der Waals surface area contributed by atoms with Crippen LogP contribution < -0.4 is 10.2 Å². The van der Waals surface area contributed by atoms with Crippen LogP contribution in [0.3, 0.4) is 0 Å². The highest BCUT2D eigenvalue weighted by atomic mass is 32.1. The topological polar surface area (TPSA) is 118 Å². The number of pyridine rings is 1. The van der Waals surface area contributed by atoms with Gasteiger partial charge in [-0.1, -0.05) is 17.4 Å². The molecule has 0 spiro atoms. The molecule has 2 aliphatic rings. The lowest BCUT2D eigenvalue weighted by molar-refractivity contribution is -0.192. The molecule has 0 aliphatic carbocycles. The molecule has 9 nitrogen and oxygen atoms in total. The molecule has 2 aromatic rings. The molecule has 13 heteroatoms. The van der Waals surface area contributed by atoms with E-state index in [0.29, 0.717) is 12.5 Å². The standard InChI is InChI=1S/C17H21N5O2S.C2HF3O2/c1-11-20-21-17(25-11)22-7-5-12-8-14(24-15(12)10-22)16(23)19-9-13-4-2-3-6-18-13;3-2(4,5)1(6)7/h2-4,6,12,14-15H,5,7-10H2,1H3,(H,19,23);(H,6,7)/t12-,14+,15+;/m0./s1. The van der Waals surface area contributed by atoms with Gasteiger partial charge in [0.2, 0.25) is 11.0 Å². The Morgan fingerprint density at radius 3 is 2.69 bits per heavy atom. The van der Waals surface area contributed by atoms with Crippen molar-refractivity contribution in [2.45, 2.75) is 44.7 Å². The average Bonchev–Trinajstić information content (AvgIpc) is 3.38. The molecule has 2 aromatic heterocycles. The lowest BCUT2D eigenvalue weighted by Gasteiger charge is -2.33. The zero-order valence-corrected chi connectivity index (χ0v) is 17.9. The van der Waals surface area contributed by atoms with Crippen LogP contribution in [0, 0.1) is 12.8 Å². The maximum atomic E-state index is 12.4. The van der Waals surface area contributed by atoms with Crippen LogP contribution in [0.4, 0.5) is 18.3 Å². The third-order valence-electron chi connectivity index (χ3n) is 5.04. The van der Waals surface area contributed by atoms with Crippen LogP contribution in [0.15, 0.2) is 24.4 Å². The van der Waals surface area contributed by atoms with Crippen LogP contribution >= 0.6 is 11.3 Å². The van der Waals surface area contributed by atoms with Crippen molar-refractivity contribution >= 4 is 28.3 Å². The van der Waals surface area contributed by atoms with Gasteiger partial charge in [-0.15, -0.1) is 10.2 Å². The van der Waals surface area contributed by atoms with E-state index in [4.69, 9.17) is 14.6 Å². The van der Waals surface area contributed by atoms with Gasteiger partial charge in [-0.05, 0) is 37.8 Å². The first kappa shape index (κ1) is 23.9. The molecule has 2 N–H and O–H groups in total. The highest BCUT2D eigenvalue weighted by Gasteiger charge is 2.42. The van der Waals surface area contributed by atoms with E-state index in [0.717, 1.165) is 41.8 Å². The zero-order valence-electron chi connectivity index (χ0n) is 17.1. The summed E-state index contributed by atoms with van der Waals surface area (Å²) in [7, 11) is 0. The second kappa shape index (κ2) is 10.2. The maximum Gasteiger partial charge on any atom is 0.490 e. The Labute approximate surface area is 185 Å². The minimum atomic E-state index is -5.08. The van der Waals surface area contributed by atoms with Crippen LogP contribution in [0.1, 0.15) is 23.5 Å². The van der Waals surface area contributed by atoms with Gasteiger partial charge < -0.3 is 20.1 Å². The van der Waals surface area contributed by atoms with Crippen molar-refractivity contribution in [1.29, 1.82) is 0 Å². The summed E-state index contributed by atoms with van der Waals surface area (Å²) in [5, 5.41) is 20.3. The summed E-state index contributed by atoms with van der Waals surface area (Å²) in [6.45, 7) is 4.12. The number of carboxylic acids is 1. The van der Waals surface area contributed by atoms with E-state index in [1.54, 1.807) is 17.5 Å². The van der Waals surface area contributed by atoms with Crippen LogP contribution in [-0.2, 0) is 20.9 Å². The van der Waals surface area contributed by atoms with Gasteiger partial charge in [0.05, 0.1) is 18.3 Å². The quantitative estimate of drug-likeness (QED) is 0.694. The molecule has 32 heavy (non-hydrogen) atoms. The summed E-state index contributed by atoms with van der Waals surface area (Å²) in [5.41, 5.74) is 0.851. The number of aliphatic carboxylic acids is 1. The summed E-state index contributed by atoms with van der Waals surface area (Å²) in [5.74, 6) is -2.36. The van der Waals surface area contributed by atoms with E-state index in [-0.39, 0.29) is 18.1 Å². The van der Waals surface area contributed by atoms with E-state index in [1.807, 2.05) is 25.1 Å². The number of hydrogen-bond donors (Lipinski definition) is 2. The molecule has 2 aliphatic heterocycles. The summed E-state index contributed by atoms with van der Waals surface area (Å²) >= 11 is 1.60. The first-order chi connectivity index (χ1) is 15.1. The fourth-order valence-corrected chi connectivity index (χ4v) is 4.20. The number of nitrogens with zero attached hydrogens (tertiary/aromatic N) is 4. The normalized spacial score (nSPS) is 22.5. The summed E-state index contributed by atoms with van der Waals surface area (Å²) in [6, 6.07) is 5.68. The number of piperidine rings is 1. The molecular formula is C19H22F3N5O4S. The van der Waals surface area contributed by atoms with Crippen molar-refractivity contribution in [3.8, 4) is 0 Å². The highest BCUT2D eigenvalue weighted by Crippen LogP contribution is 2.35. The maximum absolute atomic E-state index is 12.4. The van der Waals surface area contributed by atoms with Gasteiger partial charge in [-0.2, -0.15) is 13.2 Å². The number of halogens is 3. The first-order valence-electron chi connectivity index (χ1n) is 9.81. The Kier molecular flexibility index (Phi) is 7.61. The van der Waals surface area contributed by atoms with Gasteiger partial charge in [0.1, 0.15) is 11.1 Å². The van der Waals surface area contributed by atoms with Crippen molar-refractivity contribution in [2.24, 2.45) is 5.92 Å². The van der Waals surface area contributed by atoms with E-state index >= 15 is 0 Å². The molecule has 4 rings (SSSR count). The predicted molar refractivity (Wildman–Crippen MR) is 108 cm³/mol. The highest BCUT2D eigenvalue weighted by molar-refractivity contribution is 7.15. The minimum absolute atomic E-state index is 0.0432. The predicted octanol–water partition coefficient (Wildman–Crippen LogP) is 2.18. The van der Waals surface area contributed by atoms with Crippen molar-refractivity contribution in [2.75, 3.05) is 18.0 Å². The first-order valence-corrected chi connectivity index (χ1v) is 10.6. The second-order valence-electron chi connectivity index (χ2n) is 7.34. The van der Waals surface area contributed by atoms with Gasteiger partial charge in [0.15, 0.2) is 0 Å². The molecule has 2 saturated heterocycles. The number of carboxylic acid groups (broad SMARTS) is 1. The van der Waals surface area contributed by atoms with Gasteiger partial charge in [0.25, 0.3) is 0 Å². The van der Waals surface area contributed by atoms with Crippen molar-refractivity contribution in [3.05, 3.63) is 35.1 Å². The van der Waals surface area contributed by atoms with Crippen LogP contribution in [-0.4, -0.2) is 63.6 Å². The molecule has 3 atom stereocenters. The van der Waals surface area contributed by atoms with Gasteiger partial charge in [0, 0.05) is 19.3 Å². The molecule has 0 aromatic carbocycles. The lowest BCUT2D eigenvalue weighted by atomic mass is 9.92. The minimum Gasteiger partial charge on any atom is -0.475 e. The second-order valence-corrected chi connectivity index (χ2v) is 8.50. The number of fused-ring (bicyclic) bond motifs is 1. The molecule has 0 radical (unpaired) electrons. The zero-order chi connectivity index (χ0) is 23.3. The Bertz CT molecular complexity index is 927. The number of alkyl halides is 3. The number of aromatic nitrogens is 3. The molecule has 2 fully saturated rings. The number of ether oxygens (including phenoxy) is 1. The average molecular weight is 473 g/mol. The van der Waals surface area contributed by atoms with E-state index < -0.39 is 12.1 Å². The third-order valence-corrected chi connectivity index (χ3v) is 5.94. The molecule has 0 saturated carbocycles. The molecule has 0 unspecified atom stereocenters. The number of nitrogens with one attached hydrogen (secondary N) is 1. The van der Waals surface area contributed by atoms with E-state index in [2.05, 4.69) is 25.4 Å². The number of carbonyl (C=O) groups excluding carboxylic acids is 1. The summed E-state index contributed by atoms with van der Waals surface area (Å²) in [4.78, 5) is 27.8. The molecule has 174 valence electrons. The van der Waals surface area contributed by atoms with Gasteiger partial charge in [-0.25, -0.2) is 4.79 Å². The Morgan fingerprint density at radius 1 is 1.34 bits per heavy atom. The largest absolute Gasteiger partial charge is 0.490 e. The Balaban J connectivity index is 0.000000360. The molecule has 1 amide bonds. The van der Waals surface area contributed by atoms with E-state index in [1.165, 1.54) is 0 Å². The fraction of sp³-hybridized carbons (Fsp3) is 0.526. The number of amides is 1. The summed E-state index contributed by atoms with van der Waals surface area (Å²) in [6.07, 6.45) is -1.82. The van der Waals surface area contributed by atoms with Crippen LogP contribution in [0.5, 0.6) is 0 Å². The number of rotatable bonds is 4. The molecule has 0 bridgehead atoms. The smallest absolute Gasteiger partial charge is 0.475 e. The van der Waals surface area contributed by atoms with E-state index in [9.17, 15) is 18.0 Å². The monoisotopic (exact) mass is 473 g/mol. The molecular weight excluding hydrogens is 451 g/mol. The lowest BCUT2D eigenvalue weighted by Crippen LogP contribution is -2.42. The number of carbonyl (C=O) groups is 2. The Hall–Kier alpha value is -2.80. The Morgan fingerprint density at radius 2 is 2.09 bits per heavy atom. The SMILES string of the molecule is Cc1nnc(N2CC[C@H]3C[C@H](C(=O)NCc4ccccn4)O[C@@H]3C2)s1.O=C(O)C(F)(F)F. The van der Waals surface area contributed by atoms with Gasteiger partial charge >= 0.3 is 12.1 Å². The van der Waals surface area contributed by atoms with Crippen molar-refractivity contribution in [1.82, 2.24) is 20.5 Å². The third kappa shape index (κ3) is 6.36. The number of aryl methyl sites for hydroxylation is 1. The van der Waals surface area contributed by atoms with Crippen LogP contribution in [0.2, 0.25) is 0 Å². The number of hydrogen-bond acceptors (Lipinski definition) is 8. The molecule has 4 heterocycles. The fourth-order valence-electron chi connectivity index (χ4n) is 3.48.